The first-order valence-electron chi connectivity index (χ1n) is 5.54. The predicted octanol–water partition coefficient (Wildman–Crippen LogP) is 1.84. The largest absolute Gasteiger partial charge is 0.497 e. The summed E-state index contributed by atoms with van der Waals surface area (Å²) in [5.41, 5.74) is 0. The SMILES string of the molecule is COc1ccc(I=C2C(=O)OC(C)(C)OC2=O)cc1. The van der Waals surface area contributed by atoms with E-state index in [1.807, 2.05) is 12.1 Å². The molecule has 6 heteroatoms. The normalized spacial score (nSPS) is 17.7. The standard InChI is InChI=1S/C13H13IO5/c1-13(2)18-11(15)10(12(16)19-13)14-8-4-6-9(17-3)7-5-8/h4-7H,1-3H3. The quantitative estimate of drug-likeness (QED) is 0.583. The number of carbonyl (C=O) groups excluding carboxylic acids is 2. The summed E-state index contributed by atoms with van der Waals surface area (Å²) in [4.78, 5) is 23.6. The van der Waals surface area contributed by atoms with Crippen LogP contribution in [-0.4, -0.2) is 28.3 Å². The Morgan fingerprint density at radius 3 is 2.05 bits per heavy atom. The van der Waals surface area contributed by atoms with E-state index in [2.05, 4.69) is 0 Å². The average Bonchev–Trinajstić information content (AvgIpc) is 2.33. The number of carbonyl (C=O) groups is 2. The summed E-state index contributed by atoms with van der Waals surface area (Å²) in [5.74, 6) is -1.61. The highest BCUT2D eigenvalue weighted by Crippen LogP contribution is 2.24. The van der Waals surface area contributed by atoms with E-state index in [-0.39, 0.29) is 3.51 Å². The van der Waals surface area contributed by atoms with E-state index in [0.717, 1.165) is 9.32 Å². The smallest absolute Gasteiger partial charge is 0.354 e. The molecule has 1 fully saturated rings. The van der Waals surface area contributed by atoms with Crippen molar-refractivity contribution in [1.82, 2.24) is 0 Å². The molecule has 0 spiro atoms. The van der Waals surface area contributed by atoms with Gasteiger partial charge in [-0.3, -0.25) is 0 Å². The van der Waals surface area contributed by atoms with Crippen molar-refractivity contribution >= 4 is 36.2 Å². The molecule has 1 saturated heterocycles. The maximum atomic E-state index is 11.8. The third-order valence-corrected chi connectivity index (χ3v) is 5.05. The summed E-state index contributed by atoms with van der Waals surface area (Å²) >= 11 is -0.923. The minimum Gasteiger partial charge on any atom is -0.497 e. The zero-order valence-electron chi connectivity index (χ0n) is 10.7. The van der Waals surface area contributed by atoms with Crippen molar-refractivity contribution in [3.63, 3.8) is 0 Å². The number of ether oxygens (including phenoxy) is 3. The van der Waals surface area contributed by atoms with Crippen LogP contribution in [0, 0.1) is 3.57 Å². The lowest BCUT2D eigenvalue weighted by Crippen LogP contribution is -2.46. The number of rotatable bonds is 2. The molecule has 102 valence electrons. The Morgan fingerprint density at radius 2 is 1.58 bits per heavy atom. The molecule has 0 bridgehead atoms. The number of methoxy groups -OCH3 is 1. The molecule has 0 saturated carbocycles. The number of hydrogen-bond acceptors (Lipinski definition) is 5. The van der Waals surface area contributed by atoms with Gasteiger partial charge in [-0.05, 0) is 24.3 Å². The second-order valence-corrected chi connectivity index (χ2v) is 7.11. The van der Waals surface area contributed by atoms with Gasteiger partial charge in [-0.1, -0.05) is 20.7 Å². The Bertz CT molecular complexity index is 523. The van der Waals surface area contributed by atoms with Gasteiger partial charge in [0.05, 0.1) is 7.11 Å². The van der Waals surface area contributed by atoms with Gasteiger partial charge in [0.1, 0.15) is 5.75 Å². The second kappa shape index (κ2) is 5.28. The first-order chi connectivity index (χ1) is 8.91. The van der Waals surface area contributed by atoms with E-state index in [0.29, 0.717) is 0 Å². The van der Waals surface area contributed by atoms with Crippen LogP contribution in [-0.2, 0) is 19.1 Å². The van der Waals surface area contributed by atoms with E-state index in [4.69, 9.17) is 14.2 Å². The molecule has 1 aromatic carbocycles. The van der Waals surface area contributed by atoms with Gasteiger partial charge in [0, 0.05) is 17.4 Å². The Labute approximate surface area is 120 Å². The molecule has 0 atom stereocenters. The van der Waals surface area contributed by atoms with Crippen LogP contribution in [0.25, 0.3) is 0 Å². The molecule has 1 aliphatic heterocycles. The van der Waals surface area contributed by atoms with Crippen LogP contribution in [0.2, 0.25) is 0 Å². The highest BCUT2D eigenvalue weighted by atomic mass is 127. The van der Waals surface area contributed by atoms with Gasteiger partial charge in [-0.2, -0.15) is 0 Å². The van der Waals surface area contributed by atoms with Gasteiger partial charge in [-0.25, -0.2) is 9.59 Å². The van der Waals surface area contributed by atoms with E-state index in [9.17, 15) is 9.59 Å². The van der Waals surface area contributed by atoms with Crippen LogP contribution in [0.15, 0.2) is 24.3 Å². The fraction of sp³-hybridized carbons (Fsp3) is 0.308. The minimum absolute atomic E-state index is 0.114. The maximum absolute atomic E-state index is 11.8. The molecule has 0 radical (unpaired) electrons. The van der Waals surface area contributed by atoms with E-state index < -0.39 is 38.5 Å². The van der Waals surface area contributed by atoms with Crippen molar-refractivity contribution in [1.29, 1.82) is 0 Å². The molecule has 1 aliphatic rings. The summed E-state index contributed by atoms with van der Waals surface area (Å²) in [5, 5.41) is 0. The molecule has 1 heterocycles. The predicted molar refractivity (Wildman–Crippen MR) is 77.0 cm³/mol. The van der Waals surface area contributed by atoms with Crippen molar-refractivity contribution in [2.24, 2.45) is 0 Å². The van der Waals surface area contributed by atoms with E-state index in [1.165, 1.54) is 13.8 Å². The zero-order chi connectivity index (χ0) is 14.0. The maximum Gasteiger partial charge on any atom is 0.354 e. The summed E-state index contributed by atoms with van der Waals surface area (Å²) in [6, 6.07) is 7.25. The Balaban J connectivity index is 2.27. The summed E-state index contributed by atoms with van der Waals surface area (Å²) in [6.45, 7) is 3.07. The van der Waals surface area contributed by atoms with Gasteiger partial charge >= 0.3 is 11.9 Å². The average molecular weight is 376 g/mol. The fourth-order valence-electron chi connectivity index (χ4n) is 1.46. The lowest BCUT2D eigenvalue weighted by molar-refractivity contribution is -0.214. The second-order valence-electron chi connectivity index (χ2n) is 4.25. The Hall–Kier alpha value is -1.44. The van der Waals surface area contributed by atoms with Crippen molar-refractivity contribution in [3.8, 4) is 5.75 Å². The number of benzene rings is 1. The summed E-state index contributed by atoms with van der Waals surface area (Å²) in [6.07, 6.45) is 0. The van der Waals surface area contributed by atoms with Crippen molar-refractivity contribution in [2.75, 3.05) is 7.11 Å². The van der Waals surface area contributed by atoms with Crippen LogP contribution >= 0.6 is 20.7 Å². The molecule has 1 aromatic rings. The molecule has 0 unspecified atom stereocenters. The molecule has 19 heavy (non-hydrogen) atoms. The van der Waals surface area contributed by atoms with Crippen LogP contribution in [0.1, 0.15) is 13.8 Å². The molecule has 5 nitrogen and oxygen atoms in total. The van der Waals surface area contributed by atoms with Gasteiger partial charge in [-0.15, -0.1) is 0 Å². The number of hydrogen-bond donors (Lipinski definition) is 0. The fourth-order valence-corrected chi connectivity index (χ4v) is 3.46. The Kier molecular flexibility index (Phi) is 3.88. The zero-order valence-corrected chi connectivity index (χ0v) is 12.9. The van der Waals surface area contributed by atoms with Crippen molar-refractivity contribution in [3.05, 3.63) is 27.8 Å². The van der Waals surface area contributed by atoms with Crippen molar-refractivity contribution in [2.45, 2.75) is 19.6 Å². The monoisotopic (exact) mass is 376 g/mol. The third-order valence-electron chi connectivity index (χ3n) is 2.29. The molecule has 0 amide bonds. The minimum atomic E-state index is -1.18. The van der Waals surface area contributed by atoms with Gasteiger partial charge in [0.2, 0.25) is 0 Å². The van der Waals surface area contributed by atoms with Crippen molar-refractivity contribution < 1.29 is 23.8 Å². The summed E-state index contributed by atoms with van der Waals surface area (Å²) < 4.78 is 16.2. The molecule has 0 N–H and O–H groups in total. The van der Waals surface area contributed by atoms with E-state index in [1.54, 1.807) is 19.2 Å². The molecule has 0 aliphatic carbocycles. The molecular weight excluding hydrogens is 363 g/mol. The summed E-state index contributed by atoms with van der Waals surface area (Å²) in [7, 11) is 1.58. The third kappa shape index (κ3) is 3.31. The topological polar surface area (TPSA) is 61.8 Å². The lowest BCUT2D eigenvalue weighted by atomic mass is 10.3. The van der Waals surface area contributed by atoms with Gasteiger partial charge in [0.15, 0.2) is 3.51 Å². The number of cyclic esters (lactones) is 2. The van der Waals surface area contributed by atoms with Crippen LogP contribution in [0.5, 0.6) is 5.75 Å². The number of esters is 2. The highest BCUT2D eigenvalue weighted by molar-refractivity contribution is 14.2. The Morgan fingerprint density at radius 1 is 1.05 bits per heavy atom. The molecular formula is C13H13IO5. The first-order valence-corrected chi connectivity index (χ1v) is 7.69. The lowest BCUT2D eigenvalue weighted by Gasteiger charge is -2.29. The van der Waals surface area contributed by atoms with Crippen LogP contribution in [0.3, 0.4) is 0 Å². The highest BCUT2D eigenvalue weighted by Gasteiger charge is 2.39. The van der Waals surface area contributed by atoms with Crippen LogP contribution < -0.4 is 4.74 Å². The van der Waals surface area contributed by atoms with Crippen LogP contribution in [0.4, 0.5) is 0 Å². The van der Waals surface area contributed by atoms with Gasteiger partial charge < -0.3 is 14.2 Å². The molecule has 0 aromatic heterocycles. The molecule has 2 rings (SSSR count). The first kappa shape index (κ1) is 14.0. The van der Waals surface area contributed by atoms with Gasteiger partial charge in [0.25, 0.3) is 5.79 Å². The van der Waals surface area contributed by atoms with E-state index >= 15 is 0 Å². The number of halogens is 1.